The number of nitrogens with zero attached hydrogens (tertiary/aromatic N) is 1. The zero-order valence-corrected chi connectivity index (χ0v) is 15.9. The Balaban J connectivity index is 1.49. The summed E-state index contributed by atoms with van der Waals surface area (Å²) in [5, 5.41) is 4.05. The average Bonchev–Trinajstić information content (AvgIpc) is 3.38. The molecule has 0 aliphatic carbocycles. The Morgan fingerprint density at radius 2 is 1.71 bits per heavy atom. The van der Waals surface area contributed by atoms with Crippen LogP contribution in [0.2, 0.25) is 0 Å². The van der Waals surface area contributed by atoms with Crippen LogP contribution in [0, 0.1) is 0 Å². The van der Waals surface area contributed by atoms with Gasteiger partial charge in [0.05, 0.1) is 6.42 Å². The van der Waals surface area contributed by atoms with E-state index in [1.54, 1.807) is 0 Å². The zero-order valence-electron chi connectivity index (χ0n) is 15.9. The van der Waals surface area contributed by atoms with Crippen molar-refractivity contribution < 1.29 is 9.59 Å². The Hall–Kier alpha value is -3.08. The molecule has 2 amide bonds. The van der Waals surface area contributed by atoms with Gasteiger partial charge in [-0.05, 0) is 30.0 Å². The second-order valence-electron chi connectivity index (χ2n) is 7.38. The minimum absolute atomic E-state index is 0.0219. The minimum atomic E-state index is -0.529. The molecule has 2 heterocycles. The van der Waals surface area contributed by atoms with Gasteiger partial charge in [-0.3, -0.25) is 9.59 Å². The van der Waals surface area contributed by atoms with Crippen molar-refractivity contribution in [2.75, 3.05) is 13.1 Å². The number of carbonyl (C=O) groups excluding carboxylic acids is 2. The molecule has 0 spiro atoms. The molecule has 1 atom stereocenters. The van der Waals surface area contributed by atoms with Crippen LogP contribution in [-0.2, 0) is 22.4 Å². The van der Waals surface area contributed by atoms with E-state index in [1.165, 1.54) is 0 Å². The maximum absolute atomic E-state index is 13.0. The van der Waals surface area contributed by atoms with Crippen LogP contribution in [0.3, 0.4) is 0 Å². The number of para-hydroxylation sites is 1. The summed E-state index contributed by atoms with van der Waals surface area (Å²) in [7, 11) is 0. The lowest BCUT2D eigenvalue weighted by molar-refractivity contribution is -0.135. The fourth-order valence-electron chi connectivity index (χ4n) is 3.90. The monoisotopic (exact) mass is 375 g/mol. The normalized spacial score (nSPS) is 14.9. The van der Waals surface area contributed by atoms with Crippen LogP contribution in [0.4, 0.5) is 0 Å². The summed E-state index contributed by atoms with van der Waals surface area (Å²) in [6, 6.07) is 17.3. The number of carbonyl (C=O) groups is 2. The van der Waals surface area contributed by atoms with Gasteiger partial charge in [-0.15, -0.1) is 0 Å². The number of amides is 2. The Bertz CT molecular complexity index is 958. The third-order valence-electron chi connectivity index (χ3n) is 5.36. The van der Waals surface area contributed by atoms with Crippen molar-refractivity contribution in [3.8, 4) is 0 Å². The zero-order chi connectivity index (χ0) is 19.3. The molecular weight excluding hydrogens is 350 g/mol. The molecule has 28 heavy (non-hydrogen) atoms. The molecule has 0 saturated carbocycles. The first-order valence-electron chi connectivity index (χ1n) is 9.88. The summed E-state index contributed by atoms with van der Waals surface area (Å²) < 4.78 is 0. The Morgan fingerprint density at radius 3 is 2.50 bits per heavy atom. The Kier molecular flexibility index (Phi) is 5.42. The number of hydrogen-bond donors (Lipinski definition) is 2. The molecule has 0 radical (unpaired) electrons. The Morgan fingerprint density at radius 1 is 1.00 bits per heavy atom. The van der Waals surface area contributed by atoms with Gasteiger partial charge in [0.2, 0.25) is 11.8 Å². The molecule has 5 heteroatoms. The number of rotatable bonds is 6. The summed E-state index contributed by atoms with van der Waals surface area (Å²) in [6.45, 7) is 1.56. The van der Waals surface area contributed by atoms with Crippen molar-refractivity contribution >= 4 is 22.7 Å². The van der Waals surface area contributed by atoms with Gasteiger partial charge in [-0.1, -0.05) is 48.5 Å². The van der Waals surface area contributed by atoms with Gasteiger partial charge in [0.25, 0.3) is 0 Å². The van der Waals surface area contributed by atoms with Crippen molar-refractivity contribution in [2.45, 2.75) is 31.7 Å². The van der Waals surface area contributed by atoms with Crippen LogP contribution in [0.1, 0.15) is 24.0 Å². The molecule has 4 rings (SSSR count). The van der Waals surface area contributed by atoms with Crippen LogP contribution >= 0.6 is 0 Å². The summed E-state index contributed by atoms with van der Waals surface area (Å²) >= 11 is 0. The second-order valence-corrected chi connectivity index (χ2v) is 7.38. The van der Waals surface area contributed by atoms with Crippen molar-refractivity contribution in [1.29, 1.82) is 0 Å². The summed E-state index contributed by atoms with van der Waals surface area (Å²) in [6.07, 6.45) is 4.71. The number of aromatic amines is 1. The topological polar surface area (TPSA) is 65.2 Å². The lowest BCUT2D eigenvalue weighted by atomic mass is 10.0. The molecule has 1 unspecified atom stereocenters. The highest BCUT2D eigenvalue weighted by atomic mass is 16.2. The molecule has 3 aromatic rings. The van der Waals surface area contributed by atoms with Gasteiger partial charge in [-0.2, -0.15) is 0 Å². The van der Waals surface area contributed by atoms with Gasteiger partial charge in [-0.25, -0.2) is 0 Å². The second kappa shape index (κ2) is 8.30. The Labute approximate surface area is 164 Å². The number of benzene rings is 2. The first-order valence-corrected chi connectivity index (χ1v) is 9.88. The fourth-order valence-corrected chi connectivity index (χ4v) is 3.90. The van der Waals surface area contributed by atoms with Crippen LogP contribution < -0.4 is 5.32 Å². The third kappa shape index (κ3) is 4.09. The van der Waals surface area contributed by atoms with E-state index in [0.717, 1.165) is 48.0 Å². The number of nitrogens with one attached hydrogen (secondary N) is 2. The highest BCUT2D eigenvalue weighted by Gasteiger charge is 2.28. The van der Waals surface area contributed by atoms with Gasteiger partial charge in [0.15, 0.2) is 0 Å². The third-order valence-corrected chi connectivity index (χ3v) is 5.36. The molecular formula is C23H25N3O2. The van der Waals surface area contributed by atoms with Gasteiger partial charge < -0.3 is 15.2 Å². The number of likely N-dealkylation sites (tertiary alicyclic amines) is 1. The van der Waals surface area contributed by atoms with Gasteiger partial charge in [0, 0.05) is 36.6 Å². The molecule has 0 bridgehead atoms. The van der Waals surface area contributed by atoms with E-state index in [2.05, 4.69) is 10.3 Å². The highest BCUT2D eigenvalue weighted by molar-refractivity contribution is 5.92. The molecule has 2 N–H and O–H groups in total. The van der Waals surface area contributed by atoms with Gasteiger partial charge >= 0.3 is 0 Å². The van der Waals surface area contributed by atoms with Crippen LogP contribution in [0.15, 0.2) is 60.8 Å². The molecule has 1 aliphatic rings. The smallest absolute Gasteiger partial charge is 0.245 e. The molecule has 2 aromatic carbocycles. The first kappa shape index (κ1) is 18.3. The number of hydrogen-bond acceptors (Lipinski definition) is 2. The van der Waals surface area contributed by atoms with Crippen molar-refractivity contribution in [2.24, 2.45) is 0 Å². The molecule has 1 saturated heterocycles. The van der Waals surface area contributed by atoms with Crippen molar-refractivity contribution in [3.63, 3.8) is 0 Å². The summed E-state index contributed by atoms with van der Waals surface area (Å²) in [5.41, 5.74) is 3.01. The number of H-pyrrole nitrogens is 1. The highest BCUT2D eigenvalue weighted by Crippen LogP contribution is 2.18. The van der Waals surface area contributed by atoms with Gasteiger partial charge in [0.1, 0.15) is 6.04 Å². The predicted octanol–water partition coefficient (Wildman–Crippen LogP) is 3.06. The average molecular weight is 375 g/mol. The van der Waals surface area contributed by atoms with Crippen LogP contribution in [-0.4, -0.2) is 40.8 Å². The molecule has 1 aliphatic heterocycles. The lowest BCUT2D eigenvalue weighted by Crippen LogP contribution is -2.49. The van der Waals surface area contributed by atoms with Crippen LogP contribution in [0.5, 0.6) is 0 Å². The van der Waals surface area contributed by atoms with E-state index < -0.39 is 6.04 Å². The maximum Gasteiger partial charge on any atom is 0.245 e. The maximum atomic E-state index is 13.0. The molecule has 1 aromatic heterocycles. The van der Waals surface area contributed by atoms with E-state index in [1.807, 2.05) is 65.7 Å². The number of fused-ring (bicyclic) bond motifs is 1. The van der Waals surface area contributed by atoms with E-state index in [0.29, 0.717) is 6.42 Å². The lowest BCUT2D eigenvalue weighted by Gasteiger charge is -2.24. The van der Waals surface area contributed by atoms with E-state index in [4.69, 9.17) is 0 Å². The standard InChI is InChI=1S/C23H25N3O2/c27-22(15-18-16-24-20-11-5-4-10-19(18)20)25-21(14-17-8-2-1-3-9-17)23(28)26-12-6-7-13-26/h1-5,8-11,16,21,24H,6-7,12-15H2,(H,25,27). The molecule has 144 valence electrons. The number of aromatic nitrogens is 1. The van der Waals surface area contributed by atoms with Crippen LogP contribution in [0.25, 0.3) is 10.9 Å². The van der Waals surface area contributed by atoms with E-state index in [-0.39, 0.29) is 18.2 Å². The van der Waals surface area contributed by atoms with Crippen molar-refractivity contribution in [3.05, 3.63) is 71.9 Å². The quantitative estimate of drug-likeness (QED) is 0.695. The summed E-state index contributed by atoms with van der Waals surface area (Å²) in [5.74, 6) is -0.105. The first-order chi connectivity index (χ1) is 13.7. The predicted molar refractivity (Wildman–Crippen MR) is 110 cm³/mol. The largest absolute Gasteiger partial charge is 0.361 e. The SMILES string of the molecule is O=C(Cc1c[nH]c2ccccc12)NC(Cc1ccccc1)C(=O)N1CCCC1. The summed E-state index contributed by atoms with van der Waals surface area (Å²) in [4.78, 5) is 30.9. The molecule has 5 nitrogen and oxygen atoms in total. The molecule has 1 fully saturated rings. The van der Waals surface area contributed by atoms with E-state index in [9.17, 15) is 9.59 Å². The fraction of sp³-hybridized carbons (Fsp3) is 0.304. The van der Waals surface area contributed by atoms with Crippen molar-refractivity contribution in [1.82, 2.24) is 15.2 Å². The van der Waals surface area contributed by atoms with E-state index >= 15 is 0 Å². The minimum Gasteiger partial charge on any atom is -0.361 e.